The first kappa shape index (κ1) is 21.2. The lowest BCUT2D eigenvalue weighted by Crippen LogP contribution is -2.36. The van der Waals surface area contributed by atoms with Gasteiger partial charge in [0.1, 0.15) is 11.7 Å². The quantitative estimate of drug-likeness (QED) is 0.761. The van der Waals surface area contributed by atoms with Crippen LogP contribution in [0.1, 0.15) is 55.5 Å². The van der Waals surface area contributed by atoms with E-state index in [-0.39, 0.29) is 34.8 Å². The number of halogens is 1. The standard InChI is InChI=1S/C21H29FN4O3/c1-4-23-16-10-5-13(2)12-26-19(16)25-17(18(29-3)21(26)28)20(27)24-11-14-6-8-15(22)9-7-14/h6,8-9,13-14,16,23H,4-5,7,10-12H2,1-3H3,(H,24,27). The van der Waals surface area contributed by atoms with E-state index < -0.39 is 5.91 Å². The fourth-order valence-electron chi connectivity index (χ4n) is 3.85. The highest BCUT2D eigenvalue weighted by Gasteiger charge is 2.29. The molecule has 158 valence electrons. The molecule has 29 heavy (non-hydrogen) atoms. The lowest BCUT2D eigenvalue weighted by atomic mass is 10.0. The molecule has 1 aliphatic heterocycles. The van der Waals surface area contributed by atoms with Gasteiger partial charge in [0, 0.05) is 13.1 Å². The number of allylic oxidation sites excluding steroid dienone is 3. The number of hydrogen-bond acceptors (Lipinski definition) is 5. The molecular weight excluding hydrogens is 375 g/mol. The van der Waals surface area contributed by atoms with Gasteiger partial charge in [-0.3, -0.25) is 14.2 Å². The number of hydrogen-bond donors (Lipinski definition) is 2. The predicted molar refractivity (Wildman–Crippen MR) is 109 cm³/mol. The summed E-state index contributed by atoms with van der Waals surface area (Å²) in [5.41, 5.74) is -0.329. The van der Waals surface area contributed by atoms with E-state index in [9.17, 15) is 14.0 Å². The highest BCUT2D eigenvalue weighted by molar-refractivity contribution is 5.94. The molecule has 0 spiro atoms. The van der Waals surface area contributed by atoms with Gasteiger partial charge in [-0.05, 0) is 49.8 Å². The van der Waals surface area contributed by atoms with E-state index in [2.05, 4.69) is 22.5 Å². The van der Waals surface area contributed by atoms with Crippen LogP contribution in [0.3, 0.4) is 0 Å². The molecule has 1 aromatic rings. The molecule has 2 heterocycles. The molecule has 1 amide bonds. The Balaban J connectivity index is 1.90. The number of methoxy groups -OCH3 is 1. The second kappa shape index (κ2) is 9.35. The van der Waals surface area contributed by atoms with Gasteiger partial charge in [-0.1, -0.05) is 19.9 Å². The number of fused-ring (bicyclic) bond motifs is 1. The number of carbonyl (C=O) groups is 1. The van der Waals surface area contributed by atoms with E-state index in [0.717, 1.165) is 19.4 Å². The molecule has 7 nitrogen and oxygen atoms in total. The van der Waals surface area contributed by atoms with Crippen LogP contribution in [0.15, 0.2) is 28.8 Å². The second-order valence-electron chi connectivity index (χ2n) is 7.71. The van der Waals surface area contributed by atoms with Gasteiger partial charge in [0.05, 0.1) is 13.2 Å². The van der Waals surface area contributed by atoms with Crippen LogP contribution in [0.5, 0.6) is 5.75 Å². The Hall–Kier alpha value is -2.48. The Morgan fingerprint density at radius 1 is 1.41 bits per heavy atom. The Morgan fingerprint density at radius 2 is 2.21 bits per heavy atom. The highest BCUT2D eigenvalue weighted by Crippen LogP contribution is 2.27. The van der Waals surface area contributed by atoms with Gasteiger partial charge in [0.25, 0.3) is 11.5 Å². The van der Waals surface area contributed by atoms with Gasteiger partial charge in [-0.15, -0.1) is 0 Å². The summed E-state index contributed by atoms with van der Waals surface area (Å²) >= 11 is 0. The smallest absolute Gasteiger partial charge is 0.296 e. The van der Waals surface area contributed by atoms with Crippen molar-refractivity contribution in [2.45, 2.75) is 45.7 Å². The van der Waals surface area contributed by atoms with Gasteiger partial charge in [0.2, 0.25) is 5.75 Å². The lowest BCUT2D eigenvalue weighted by Gasteiger charge is -2.21. The molecule has 2 N–H and O–H groups in total. The minimum absolute atomic E-state index is 0.00160. The number of nitrogens with zero attached hydrogens (tertiary/aromatic N) is 2. The third-order valence-corrected chi connectivity index (χ3v) is 5.45. The van der Waals surface area contributed by atoms with Crippen molar-refractivity contribution < 1.29 is 13.9 Å². The van der Waals surface area contributed by atoms with Crippen LogP contribution in [0.2, 0.25) is 0 Å². The maximum absolute atomic E-state index is 13.1. The molecule has 0 fully saturated rings. The maximum atomic E-state index is 13.1. The summed E-state index contributed by atoms with van der Waals surface area (Å²) in [7, 11) is 1.38. The Morgan fingerprint density at radius 3 is 2.86 bits per heavy atom. The topological polar surface area (TPSA) is 85.2 Å². The summed E-state index contributed by atoms with van der Waals surface area (Å²) in [5, 5.41) is 6.18. The molecule has 3 unspecified atom stereocenters. The SMILES string of the molecule is CCNC1CCC(C)Cn2c1nc(C(=O)NCC1C=CC(F)=CC1)c(OC)c2=O. The zero-order valence-corrected chi connectivity index (χ0v) is 17.2. The molecule has 0 bridgehead atoms. The van der Waals surface area contributed by atoms with E-state index >= 15 is 0 Å². The van der Waals surface area contributed by atoms with Crippen LogP contribution >= 0.6 is 0 Å². The number of nitrogens with one attached hydrogen (secondary N) is 2. The monoisotopic (exact) mass is 404 g/mol. The number of rotatable bonds is 6. The lowest BCUT2D eigenvalue weighted by molar-refractivity contribution is 0.0939. The molecule has 0 aromatic carbocycles. The highest BCUT2D eigenvalue weighted by atomic mass is 19.1. The molecular formula is C21H29FN4O3. The zero-order valence-electron chi connectivity index (χ0n) is 17.2. The Bertz CT molecular complexity index is 877. The van der Waals surface area contributed by atoms with Crippen LogP contribution in [0, 0.1) is 11.8 Å². The van der Waals surface area contributed by atoms with Gasteiger partial charge >= 0.3 is 0 Å². The molecule has 0 saturated carbocycles. The van der Waals surface area contributed by atoms with Crippen LogP contribution in [0.4, 0.5) is 4.39 Å². The molecule has 1 aromatic heterocycles. The minimum Gasteiger partial charge on any atom is -0.489 e. The summed E-state index contributed by atoms with van der Waals surface area (Å²) in [6, 6.07) is -0.0931. The number of aromatic nitrogens is 2. The van der Waals surface area contributed by atoms with Crippen molar-refractivity contribution in [2.75, 3.05) is 20.2 Å². The molecule has 2 aliphatic rings. The summed E-state index contributed by atoms with van der Waals surface area (Å²) in [6.45, 7) is 5.72. The minimum atomic E-state index is -0.460. The van der Waals surface area contributed by atoms with Crippen LogP contribution in [-0.2, 0) is 6.54 Å². The molecule has 8 heteroatoms. The van der Waals surface area contributed by atoms with E-state index in [1.54, 1.807) is 10.6 Å². The van der Waals surface area contributed by atoms with Gasteiger partial charge < -0.3 is 15.4 Å². The Labute approximate surface area is 170 Å². The van der Waals surface area contributed by atoms with Crippen molar-refractivity contribution >= 4 is 5.91 Å². The fraction of sp³-hybridized carbons (Fsp3) is 0.571. The summed E-state index contributed by atoms with van der Waals surface area (Å²) in [5.74, 6) is 0.140. The molecule has 3 rings (SSSR count). The molecule has 0 saturated heterocycles. The second-order valence-corrected chi connectivity index (χ2v) is 7.71. The van der Waals surface area contributed by atoms with Crippen molar-refractivity contribution in [1.82, 2.24) is 20.2 Å². The van der Waals surface area contributed by atoms with Crippen molar-refractivity contribution in [3.8, 4) is 5.75 Å². The van der Waals surface area contributed by atoms with E-state index in [4.69, 9.17) is 4.74 Å². The predicted octanol–water partition coefficient (Wildman–Crippen LogP) is 2.49. The Kier molecular flexibility index (Phi) is 6.84. The normalized spacial score (nSPS) is 23.7. The molecule has 0 radical (unpaired) electrons. The van der Waals surface area contributed by atoms with Gasteiger partial charge in [-0.25, -0.2) is 9.37 Å². The van der Waals surface area contributed by atoms with Crippen molar-refractivity contribution in [1.29, 1.82) is 0 Å². The number of amides is 1. The van der Waals surface area contributed by atoms with Gasteiger partial charge in [0.15, 0.2) is 5.69 Å². The molecule has 1 aliphatic carbocycles. The van der Waals surface area contributed by atoms with E-state index in [1.165, 1.54) is 19.3 Å². The third kappa shape index (κ3) is 4.75. The van der Waals surface area contributed by atoms with Crippen LogP contribution in [-0.4, -0.2) is 35.7 Å². The fourth-order valence-corrected chi connectivity index (χ4v) is 3.85. The first-order chi connectivity index (χ1) is 13.9. The summed E-state index contributed by atoms with van der Waals surface area (Å²) in [6.07, 6.45) is 6.94. The van der Waals surface area contributed by atoms with E-state index in [0.29, 0.717) is 31.3 Å². The van der Waals surface area contributed by atoms with Crippen LogP contribution < -0.4 is 20.9 Å². The van der Waals surface area contributed by atoms with Gasteiger partial charge in [-0.2, -0.15) is 0 Å². The number of ether oxygens (including phenoxy) is 1. The van der Waals surface area contributed by atoms with Crippen molar-refractivity contribution in [3.05, 3.63) is 45.9 Å². The third-order valence-electron chi connectivity index (χ3n) is 5.45. The van der Waals surface area contributed by atoms with E-state index in [1.807, 2.05) is 6.92 Å². The first-order valence-corrected chi connectivity index (χ1v) is 10.2. The summed E-state index contributed by atoms with van der Waals surface area (Å²) < 4.78 is 20.0. The van der Waals surface area contributed by atoms with Crippen molar-refractivity contribution in [3.63, 3.8) is 0 Å². The average Bonchev–Trinajstić information content (AvgIpc) is 2.87. The first-order valence-electron chi connectivity index (χ1n) is 10.2. The van der Waals surface area contributed by atoms with Crippen molar-refractivity contribution in [2.24, 2.45) is 11.8 Å². The van der Waals surface area contributed by atoms with Crippen LogP contribution in [0.25, 0.3) is 0 Å². The average molecular weight is 404 g/mol. The zero-order chi connectivity index (χ0) is 21.0. The largest absolute Gasteiger partial charge is 0.489 e. The molecule has 3 atom stereocenters. The number of carbonyl (C=O) groups excluding carboxylic acids is 1. The maximum Gasteiger partial charge on any atom is 0.296 e. The summed E-state index contributed by atoms with van der Waals surface area (Å²) in [4.78, 5) is 30.5.